The highest BCUT2D eigenvalue weighted by Crippen LogP contribution is 2.08. The smallest absolute Gasteiger partial charge is 0.332 e. The summed E-state index contributed by atoms with van der Waals surface area (Å²) < 4.78 is 2.41. The molecular formula is C12H17N5O2S. The number of anilines is 1. The Morgan fingerprint density at radius 2 is 2.15 bits per heavy atom. The van der Waals surface area contributed by atoms with Gasteiger partial charge in [-0.15, -0.1) is 6.58 Å². The van der Waals surface area contributed by atoms with Gasteiger partial charge >= 0.3 is 5.69 Å². The maximum atomic E-state index is 12.0. The summed E-state index contributed by atoms with van der Waals surface area (Å²) in [6.45, 7) is 4.37. The zero-order chi connectivity index (χ0) is 14.7. The van der Waals surface area contributed by atoms with Crippen molar-refractivity contribution >= 4 is 28.9 Å². The number of aromatic amines is 1. The first-order valence-electron chi connectivity index (χ1n) is 6.14. The Kier molecular flexibility index (Phi) is 4.33. The molecule has 0 spiro atoms. The number of rotatable bonds is 6. The van der Waals surface area contributed by atoms with Gasteiger partial charge in [-0.2, -0.15) is 16.7 Å². The Balaban J connectivity index is 2.24. The molecule has 0 aromatic carbocycles. The third-order valence-electron chi connectivity index (χ3n) is 2.87. The summed E-state index contributed by atoms with van der Waals surface area (Å²) >= 11 is 1.75. The number of fused-ring (bicyclic) bond motifs is 1. The molecule has 0 fully saturated rings. The number of nitrogens with one attached hydrogen (secondary N) is 2. The van der Waals surface area contributed by atoms with E-state index in [2.05, 4.69) is 21.9 Å². The van der Waals surface area contributed by atoms with E-state index in [9.17, 15) is 9.59 Å². The summed E-state index contributed by atoms with van der Waals surface area (Å²) in [7, 11) is 3.04. The van der Waals surface area contributed by atoms with Crippen LogP contribution in [0.5, 0.6) is 0 Å². The maximum absolute atomic E-state index is 12.0. The quantitative estimate of drug-likeness (QED) is 0.591. The largest absolute Gasteiger partial charge is 0.355 e. The molecule has 2 rings (SSSR count). The van der Waals surface area contributed by atoms with E-state index in [-0.39, 0.29) is 11.2 Å². The van der Waals surface area contributed by atoms with Crippen molar-refractivity contribution in [1.82, 2.24) is 19.1 Å². The first kappa shape index (κ1) is 14.4. The molecule has 20 heavy (non-hydrogen) atoms. The molecule has 2 aromatic rings. The highest BCUT2D eigenvalue weighted by atomic mass is 32.2. The van der Waals surface area contributed by atoms with E-state index in [1.165, 1.54) is 11.6 Å². The lowest BCUT2D eigenvalue weighted by molar-refractivity contribution is 0.709. The SMILES string of the molecule is C=CCSCCNc1nc2c([nH]1)c(=O)n(C)c(=O)n2C. The number of hydrogen-bond donors (Lipinski definition) is 2. The Labute approximate surface area is 119 Å². The summed E-state index contributed by atoms with van der Waals surface area (Å²) in [5, 5.41) is 3.10. The third kappa shape index (κ3) is 2.64. The lowest BCUT2D eigenvalue weighted by Crippen LogP contribution is -2.36. The Hall–Kier alpha value is -1.96. The third-order valence-corrected chi connectivity index (χ3v) is 3.83. The highest BCUT2D eigenvalue weighted by molar-refractivity contribution is 7.99. The van der Waals surface area contributed by atoms with Gasteiger partial charge in [0.2, 0.25) is 5.95 Å². The van der Waals surface area contributed by atoms with Crippen molar-refractivity contribution in [2.24, 2.45) is 14.1 Å². The van der Waals surface area contributed by atoms with Crippen LogP contribution >= 0.6 is 11.8 Å². The standard InChI is InChI=1S/C12H17N5O2S/c1-4-6-20-7-5-13-11-14-8-9(15-11)16(2)12(19)17(3)10(8)18/h4H,1,5-7H2,2-3H3,(H2,13,14,15). The van der Waals surface area contributed by atoms with Gasteiger partial charge in [0.25, 0.3) is 5.56 Å². The summed E-state index contributed by atoms with van der Waals surface area (Å²) in [5.41, 5.74) is -0.0676. The minimum Gasteiger partial charge on any atom is -0.355 e. The van der Waals surface area contributed by atoms with Crippen LogP contribution in [0.15, 0.2) is 22.2 Å². The molecule has 0 saturated heterocycles. The predicted molar refractivity (Wildman–Crippen MR) is 82.6 cm³/mol. The van der Waals surface area contributed by atoms with E-state index in [0.717, 1.165) is 16.1 Å². The van der Waals surface area contributed by atoms with Crippen LogP contribution in [0.2, 0.25) is 0 Å². The molecule has 0 unspecified atom stereocenters. The van der Waals surface area contributed by atoms with E-state index in [1.54, 1.807) is 18.8 Å². The average molecular weight is 295 g/mol. The number of hydrogen-bond acceptors (Lipinski definition) is 5. The summed E-state index contributed by atoms with van der Waals surface area (Å²) in [6, 6.07) is 0. The molecule has 0 aliphatic heterocycles. The van der Waals surface area contributed by atoms with Gasteiger partial charge in [0.05, 0.1) is 0 Å². The molecule has 2 aromatic heterocycles. The van der Waals surface area contributed by atoms with Crippen LogP contribution in [0.3, 0.4) is 0 Å². The Bertz CT molecular complexity index is 743. The Morgan fingerprint density at radius 1 is 1.40 bits per heavy atom. The van der Waals surface area contributed by atoms with Crippen LogP contribution in [0.1, 0.15) is 0 Å². The highest BCUT2D eigenvalue weighted by Gasteiger charge is 2.12. The van der Waals surface area contributed by atoms with Crippen molar-refractivity contribution in [2.75, 3.05) is 23.4 Å². The minimum absolute atomic E-state index is 0.329. The fourth-order valence-electron chi connectivity index (χ4n) is 1.82. The number of aromatic nitrogens is 4. The molecule has 8 heteroatoms. The first-order valence-corrected chi connectivity index (χ1v) is 7.30. The van der Waals surface area contributed by atoms with E-state index >= 15 is 0 Å². The lowest BCUT2D eigenvalue weighted by atomic mass is 10.5. The molecule has 2 N–H and O–H groups in total. The second-order valence-corrected chi connectivity index (χ2v) is 5.43. The molecule has 0 atom stereocenters. The molecular weight excluding hydrogens is 278 g/mol. The molecule has 0 radical (unpaired) electrons. The molecule has 0 bridgehead atoms. The van der Waals surface area contributed by atoms with Gasteiger partial charge in [0.15, 0.2) is 11.2 Å². The second kappa shape index (κ2) is 6.00. The van der Waals surface area contributed by atoms with Gasteiger partial charge in [0, 0.05) is 32.1 Å². The number of imidazole rings is 1. The van der Waals surface area contributed by atoms with Gasteiger partial charge in [-0.05, 0) is 0 Å². The van der Waals surface area contributed by atoms with Crippen molar-refractivity contribution in [1.29, 1.82) is 0 Å². The number of nitrogens with zero attached hydrogens (tertiary/aromatic N) is 3. The Morgan fingerprint density at radius 3 is 2.85 bits per heavy atom. The van der Waals surface area contributed by atoms with E-state index in [1.807, 2.05) is 6.08 Å². The van der Waals surface area contributed by atoms with Crippen LogP contribution in [-0.4, -0.2) is 37.2 Å². The van der Waals surface area contributed by atoms with Crippen LogP contribution < -0.4 is 16.6 Å². The molecule has 0 aliphatic rings. The summed E-state index contributed by atoms with van der Waals surface area (Å²) in [5.74, 6) is 2.30. The molecule has 0 saturated carbocycles. The molecule has 108 valence electrons. The average Bonchev–Trinajstić information content (AvgIpc) is 2.87. The van der Waals surface area contributed by atoms with Crippen LogP contribution in [0.25, 0.3) is 11.2 Å². The number of H-pyrrole nitrogens is 1. The zero-order valence-corrected chi connectivity index (χ0v) is 12.3. The molecule has 0 amide bonds. The molecule has 2 heterocycles. The fraction of sp³-hybridized carbons (Fsp3) is 0.417. The van der Waals surface area contributed by atoms with Crippen LogP contribution in [0.4, 0.5) is 5.95 Å². The van der Waals surface area contributed by atoms with Gasteiger partial charge in [0.1, 0.15) is 0 Å². The van der Waals surface area contributed by atoms with Gasteiger partial charge in [-0.25, -0.2) is 4.79 Å². The van der Waals surface area contributed by atoms with Crippen molar-refractivity contribution in [2.45, 2.75) is 0 Å². The minimum atomic E-state index is -0.387. The number of aryl methyl sites for hydroxylation is 1. The summed E-state index contributed by atoms with van der Waals surface area (Å²) in [6.07, 6.45) is 1.85. The van der Waals surface area contributed by atoms with Gasteiger partial charge in [-0.1, -0.05) is 6.08 Å². The second-order valence-electron chi connectivity index (χ2n) is 4.28. The topological polar surface area (TPSA) is 84.7 Å². The van der Waals surface area contributed by atoms with E-state index < -0.39 is 0 Å². The van der Waals surface area contributed by atoms with Crippen molar-refractivity contribution in [3.05, 3.63) is 33.5 Å². The van der Waals surface area contributed by atoms with Crippen LogP contribution in [0, 0.1) is 0 Å². The van der Waals surface area contributed by atoms with Crippen molar-refractivity contribution in [3.63, 3.8) is 0 Å². The predicted octanol–water partition coefficient (Wildman–Crippen LogP) is 0.291. The molecule has 0 aliphatic carbocycles. The van der Waals surface area contributed by atoms with E-state index in [0.29, 0.717) is 23.7 Å². The first-order chi connectivity index (χ1) is 9.56. The zero-order valence-electron chi connectivity index (χ0n) is 11.5. The lowest BCUT2D eigenvalue weighted by Gasteiger charge is -2.00. The fourth-order valence-corrected chi connectivity index (χ4v) is 2.40. The van der Waals surface area contributed by atoms with Gasteiger partial charge in [-0.3, -0.25) is 13.9 Å². The van der Waals surface area contributed by atoms with Crippen LogP contribution in [-0.2, 0) is 14.1 Å². The summed E-state index contributed by atoms with van der Waals surface area (Å²) in [4.78, 5) is 30.9. The van der Waals surface area contributed by atoms with Crippen molar-refractivity contribution in [3.8, 4) is 0 Å². The maximum Gasteiger partial charge on any atom is 0.332 e. The number of thioether (sulfide) groups is 1. The van der Waals surface area contributed by atoms with E-state index in [4.69, 9.17) is 0 Å². The van der Waals surface area contributed by atoms with Crippen molar-refractivity contribution < 1.29 is 0 Å². The van der Waals surface area contributed by atoms with Gasteiger partial charge < -0.3 is 10.3 Å². The monoisotopic (exact) mass is 295 g/mol. The molecule has 7 nitrogen and oxygen atoms in total. The normalized spacial score (nSPS) is 10.9.